The van der Waals surface area contributed by atoms with Gasteiger partial charge in [0.2, 0.25) is 0 Å². The molecule has 0 spiro atoms. The van der Waals surface area contributed by atoms with Crippen LogP contribution < -0.4 is 5.73 Å². The molecule has 2 N–H and O–H groups in total. The van der Waals surface area contributed by atoms with E-state index >= 15 is 0 Å². The van der Waals surface area contributed by atoms with Gasteiger partial charge in [0.1, 0.15) is 0 Å². The standard InChI is InChI=1S/C15H15N/c1-3-4-5-8-13(2)11-12-14-9-6-7-10-15(14)16/h3-10H,2,16H2,1H3/b4-3-,8-5-. The van der Waals surface area contributed by atoms with Gasteiger partial charge < -0.3 is 5.73 Å². The highest BCUT2D eigenvalue weighted by Crippen LogP contribution is 2.08. The van der Waals surface area contributed by atoms with Gasteiger partial charge in [0, 0.05) is 16.8 Å². The lowest BCUT2D eigenvalue weighted by molar-refractivity contribution is 1.63. The van der Waals surface area contributed by atoms with E-state index in [2.05, 4.69) is 18.4 Å². The first-order valence-electron chi connectivity index (χ1n) is 5.09. The first kappa shape index (κ1) is 11.9. The van der Waals surface area contributed by atoms with Gasteiger partial charge in [-0.2, -0.15) is 0 Å². The Kier molecular flexibility index (Phi) is 4.69. The fraction of sp³-hybridized carbons (Fsp3) is 0.0667. The summed E-state index contributed by atoms with van der Waals surface area (Å²) in [5, 5.41) is 0. The fourth-order valence-corrected chi connectivity index (χ4v) is 1.08. The molecule has 0 amide bonds. The van der Waals surface area contributed by atoms with E-state index < -0.39 is 0 Å². The minimum absolute atomic E-state index is 0.695. The predicted octanol–water partition coefficient (Wildman–Crippen LogP) is 3.31. The van der Waals surface area contributed by atoms with Gasteiger partial charge in [-0.15, -0.1) is 0 Å². The highest BCUT2D eigenvalue weighted by Gasteiger charge is 1.90. The number of para-hydroxylation sites is 1. The second kappa shape index (κ2) is 6.31. The van der Waals surface area contributed by atoms with E-state index in [4.69, 9.17) is 5.73 Å². The number of rotatable bonds is 2. The molecule has 1 aromatic rings. The van der Waals surface area contributed by atoms with Crippen LogP contribution in [0.3, 0.4) is 0 Å². The van der Waals surface area contributed by atoms with E-state index in [9.17, 15) is 0 Å². The third-order valence-corrected chi connectivity index (χ3v) is 1.92. The maximum Gasteiger partial charge on any atom is 0.0478 e. The summed E-state index contributed by atoms with van der Waals surface area (Å²) in [6.07, 6.45) is 7.66. The van der Waals surface area contributed by atoms with E-state index in [1.807, 2.05) is 55.5 Å². The van der Waals surface area contributed by atoms with E-state index in [1.54, 1.807) is 0 Å². The Balaban J connectivity index is 2.75. The Bertz CT molecular complexity index is 482. The first-order chi connectivity index (χ1) is 7.74. The van der Waals surface area contributed by atoms with Crippen LogP contribution in [0.25, 0.3) is 0 Å². The molecule has 0 bridgehead atoms. The minimum atomic E-state index is 0.695. The molecule has 80 valence electrons. The average molecular weight is 209 g/mol. The van der Waals surface area contributed by atoms with Crippen LogP contribution in [-0.2, 0) is 0 Å². The quantitative estimate of drug-likeness (QED) is 0.451. The van der Waals surface area contributed by atoms with Crippen LogP contribution in [0.4, 0.5) is 5.69 Å². The normalized spacial score (nSPS) is 10.3. The van der Waals surface area contributed by atoms with Gasteiger partial charge in [0.25, 0.3) is 0 Å². The van der Waals surface area contributed by atoms with E-state index in [0.717, 1.165) is 11.1 Å². The first-order valence-corrected chi connectivity index (χ1v) is 5.09. The van der Waals surface area contributed by atoms with Crippen molar-refractivity contribution in [2.24, 2.45) is 0 Å². The Morgan fingerprint density at radius 3 is 2.75 bits per heavy atom. The second-order valence-corrected chi connectivity index (χ2v) is 3.25. The van der Waals surface area contributed by atoms with Gasteiger partial charge in [0.05, 0.1) is 0 Å². The Hall–Kier alpha value is -2.20. The second-order valence-electron chi connectivity index (χ2n) is 3.25. The molecule has 0 aromatic heterocycles. The molecule has 0 aliphatic heterocycles. The number of allylic oxidation sites excluding steroid dienone is 5. The molecule has 0 fully saturated rings. The molecule has 1 nitrogen and oxygen atoms in total. The van der Waals surface area contributed by atoms with Crippen LogP contribution in [0.1, 0.15) is 12.5 Å². The summed E-state index contributed by atoms with van der Waals surface area (Å²) in [5.41, 5.74) is 8.06. The Labute approximate surface area is 97.0 Å². The SMILES string of the molecule is C=C(C#Cc1ccccc1N)/C=C\C=C/C. The fourth-order valence-electron chi connectivity index (χ4n) is 1.08. The van der Waals surface area contributed by atoms with Crippen molar-refractivity contribution >= 4 is 5.69 Å². The third-order valence-electron chi connectivity index (χ3n) is 1.92. The molecule has 0 aliphatic rings. The molecule has 0 radical (unpaired) electrons. The molecule has 0 unspecified atom stereocenters. The lowest BCUT2D eigenvalue weighted by Crippen LogP contribution is -1.88. The van der Waals surface area contributed by atoms with Crippen molar-refractivity contribution in [3.05, 3.63) is 66.3 Å². The largest absolute Gasteiger partial charge is 0.398 e. The predicted molar refractivity (Wildman–Crippen MR) is 70.8 cm³/mol. The molecular formula is C15H15N. The molecule has 1 aromatic carbocycles. The molecule has 0 atom stereocenters. The zero-order valence-electron chi connectivity index (χ0n) is 9.40. The van der Waals surface area contributed by atoms with Gasteiger partial charge in [-0.05, 0) is 25.1 Å². The maximum absolute atomic E-state index is 5.77. The van der Waals surface area contributed by atoms with Crippen LogP contribution in [-0.4, -0.2) is 0 Å². The van der Waals surface area contributed by atoms with E-state index in [1.165, 1.54) is 0 Å². The monoisotopic (exact) mass is 209 g/mol. The lowest BCUT2D eigenvalue weighted by Gasteiger charge is -1.94. The van der Waals surface area contributed by atoms with Crippen molar-refractivity contribution in [2.75, 3.05) is 5.73 Å². The summed E-state index contributed by atoms with van der Waals surface area (Å²) in [6.45, 7) is 5.80. The van der Waals surface area contributed by atoms with Crippen molar-refractivity contribution < 1.29 is 0 Å². The average Bonchev–Trinajstić information content (AvgIpc) is 2.28. The van der Waals surface area contributed by atoms with Crippen LogP contribution in [0.15, 0.2) is 60.7 Å². The van der Waals surface area contributed by atoms with E-state index in [-0.39, 0.29) is 0 Å². The van der Waals surface area contributed by atoms with Gasteiger partial charge in [-0.1, -0.05) is 48.8 Å². The van der Waals surface area contributed by atoms with Crippen LogP contribution in [0.5, 0.6) is 0 Å². The molecule has 1 rings (SSSR count). The number of nitrogen functional groups attached to an aromatic ring is 1. The van der Waals surface area contributed by atoms with Crippen LogP contribution >= 0.6 is 0 Å². The summed E-state index contributed by atoms with van der Waals surface area (Å²) in [6, 6.07) is 7.54. The summed E-state index contributed by atoms with van der Waals surface area (Å²) in [4.78, 5) is 0. The van der Waals surface area contributed by atoms with Crippen molar-refractivity contribution in [1.29, 1.82) is 0 Å². The topological polar surface area (TPSA) is 26.0 Å². The van der Waals surface area contributed by atoms with Gasteiger partial charge >= 0.3 is 0 Å². The number of hydrogen-bond donors (Lipinski definition) is 1. The summed E-state index contributed by atoms with van der Waals surface area (Å²) < 4.78 is 0. The maximum atomic E-state index is 5.77. The molecule has 0 saturated carbocycles. The number of anilines is 1. The number of benzene rings is 1. The smallest absolute Gasteiger partial charge is 0.0478 e. The molecule has 0 heterocycles. The highest BCUT2D eigenvalue weighted by molar-refractivity contribution is 5.57. The zero-order valence-corrected chi connectivity index (χ0v) is 9.40. The van der Waals surface area contributed by atoms with E-state index in [0.29, 0.717) is 5.69 Å². The Morgan fingerprint density at radius 2 is 2.06 bits per heavy atom. The van der Waals surface area contributed by atoms with Crippen molar-refractivity contribution in [1.82, 2.24) is 0 Å². The zero-order chi connectivity index (χ0) is 11.8. The molecule has 16 heavy (non-hydrogen) atoms. The summed E-state index contributed by atoms with van der Waals surface area (Å²) in [7, 11) is 0. The van der Waals surface area contributed by atoms with Gasteiger partial charge in [-0.3, -0.25) is 0 Å². The molecule has 0 aliphatic carbocycles. The molecule has 1 heteroatoms. The number of nitrogens with two attached hydrogens (primary N) is 1. The summed E-state index contributed by atoms with van der Waals surface area (Å²) >= 11 is 0. The summed E-state index contributed by atoms with van der Waals surface area (Å²) in [5.74, 6) is 5.94. The van der Waals surface area contributed by atoms with Crippen molar-refractivity contribution in [2.45, 2.75) is 6.92 Å². The van der Waals surface area contributed by atoms with Crippen molar-refractivity contribution in [3.63, 3.8) is 0 Å². The third kappa shape index (κ3) is 3.89. The Morgan fingerprint density at radius 1 is 1.31 bits per heavy atom. The molecule has 0 saturated heterocycles. The van der Waals surface area contributed by atoms with Gasteiger partial charge in [0.15, 0.2) is 0 Å². The van der Waals surface area contributed by atoms with Crippen LogP contribution in [0.2, 0.25) is 0 Å². The highest BCUT2D eigenvalue weighted by atomic mass is 14.5. The minimum Gasteiger partial charge on any atom is -0.398 e. The van der Waals surface area contributed by atoms with Crippen LogP contribution in [0, 0.1) is 11.8 Å². The lowest BCUT2D eigenvalue weighted by atomic mass is 10.1. The van der Waals surface area contributed by atoms with Crippen molar-refractivity contribution in [3.8, 4) is 11.8 Å². The van der Waals surface area contributed by atoms with Gasteiger partial charge in [-0.25, -0.2) is 0 Å². The molecular weight excluding hydrogens is 194 g/mol. The number of hydrogen-bond acceptors (Lipinski definition) is 1.